The lowest BCUT2D eigenvalue weighted by Crippen LogP contribution is -2.13. The van der Waals surface area contributed by atoms with E-state index in [0.717, 1.165) is 5.56 Å². The molecule has 1 heterocycles. The Morgan fingerprint density at radius 1 is 1.16 bits per heavy atom. The highest BCUT2D eigenvalue weighted by Gasteiger charge is 2.09. The predicted octanol–water partition coefficient (Wildman–Crippen LogP) is 1.57. The van der Waals surface area contributed by atoms with Gasteiger partial charge in [-0.2, -0.15) is 4.98 Å². The molecular formula is C12H13N3O3S. The van der Waals surface area contributed by atoms with Crippen LogP contribution in [0.25, 0.3) is 11.4 Å². The highest BCUT2D eigenvalue weighted by Crippen LogP contribution is 2.30. The minimum absolute atomic E-state index is 0.425. The Kier molecular flexibility index (Phi) is 4.06. The number of hydrogen-bond donors (Lipinski definition) is 1. The van der Waals surface area contributed by atoms with Crippen molar-refractivity contribution >= 4 is 11.8 Å². The fraction of sp³-hybridized carbons (Fsp3) is 0.250. The van der Waals surface area contributed by atoms with Crippen LogP contribution in [0.2, 0.25) is 0 Å². The third-order valence-corrected chi connectivity index (χ3v) is 3.02. The first-order chi connectivity index (χ1) is 9.17. The average Bonchev–Trinajstić information content (AvgIpc) is 2.45. The molecular weight excluding hydrogens is 266 g/mol. The predicted molar refractivity (Wildman–Crippen MR) is 73.0 cm³/mol. The monoisotopic (exact) mass is 279 g/mol. The Hall–Kier alpha value is -2.02. The van der Waals surface area contributed by atoms with E-state index in [1.54, 1.807) is 32.4 Å². The highest BCUT2D eigenvalue weighted by atomic mass is 32.2. The summed E-state index contributed by atoms with van der Waals surface area (Å²) in [4.78, 5) is 22.0. The van der Waals surface area contributed by atoms with Crippen LogP contribution in [0.15, 0.2) is 28.2 Å². The summed E-state index contributed by atoms with van der Waals surface area (Å²) in [5.74, 6) is 1.64. The topological polar surface area (TPSA) is 77.1 Å². The summed E-state index contributed by atoms with van der Waals surface area (Å²) in [5, 5.41) is 0.425. The van der Waals surface area contributed by atoms with E-state index >= 15 is 0 Å². The van der Waals surface area contributed by atoms with Crippen molar-refractivity contribution in [3.05, 3.63) is 28.7 Å². The van der Waals surface area contributed by atoms with Gasteiger partial charge >= 0.3 is 5.69 Å². The van der Waals surface area contributed by atoms with Gasteiger partial charge in [-0.3, -0.25) is 4.98 Å². The molecule has 1 aromatic heterocycles. The minimum Gasteiger partial charge on any atom is -0.493 e. The summed E-state index contributed by atoms with van der Waals surface area (Å²) in [6.45, 7) is 0. The molecule has 6 nitrogen and oxygen atoms in total. The summed E-state index contributed by atoms with van der Waals surface area (Å²) >= 11 is 1.31. The molecule has 0 saturated heterocycles. The number of benzene rings is 1. The minimum atomic E-state index is -0.427. The van der Waals surface area contributed by atoms with Crippen LogP contribution in [0.3, 0.4) is 0 Å². The normalized spacial score (nSPS) is 10.3. The number of hydrogen-bond acceptors (Lipinski definition) is 6. The van der Waals surface area contributed by atoms with Crippen molar-refractivity contribution in [2.75, 3.05) is 20.5 Å². The van der Waals surface area contributed by atoms with Gasteiger partial charge in [0.1, 0.15) is 5.82 Å². The van der Waals surface area contributed by atoms with E-state index in [4.69, 9.17) is 9.47 Å². The summed E-state index contributed by atoms with van der Waals surface area (Å²) in [6, 6.07) is 5.30. The molecule has 2 rings (SSSR count). The van der Waals surface area contributed by atoms with Gasteiger partial charge < -0.3 is 9.47 Å². The summed E-state index contributed by atoms with van der Waals surface area (Å²) < 4.78 is 10.4. The molecule has 0 radical (unpaired) electrons. The molecule has 0 aliphatic carbocycles. The van der Waals surface area contributed by atoms with Crippen LogP contribution in [0.4, 0.5) is 0 Å². The molecule has 0 atom stereocenters. The molecule has 0 unspecified atom stereocenters. The zero-order valence-corrected chi connectivity index (χ0v) is 11.6. The first-order valence-electron chi connectivity index (χ1n) is 5.42. The van der Waals surface area contributed by atoms with Crippen LogP contribution in [0, 0.1) is 0 Å². The Morgan fingerprint density at radius 3 is 2.53 bits per heavy atom. The quantitative estimate of drug-likeness (QED) is 0.856. The van der Waals surface area contributed by atoms with Crippen molar-refractivity contribution in [2.24, 2.45) is 0 Å². The molecule has 0 fully saturated rings. The van der Waals surface area contributed by atoms with Gasteiger partial charge in [-0.1, -0.05) is 11.8 Å². The largest absolute Gasteiger partial charge is 0.493 e. The average molecular weight is 279 g/mol. The van der Waals surface area contributed by atoms with Crippen molar-refractivity contribution in [3.8, 4) is 22.9 Å². The molecule has 0 aliphatic heterocycles. The number of aromatic amines is 1. The van der Waals surface area contributed by atoms with E-state index in [9.17, 15) is 4.79 Å². The maximum Gasteiger partial charge on any atom is 0.349 e. The van der Waals surface area contributed by atoms with Crippen LogP contribution >= 0.6 is 11.8 Å². The summed E-state index contributed by atoms with van der Waals surface area (Å²) in [7, 11) is 3.12. The van der Waals surface area contributed by atoms with Crippen LogP contribution in [-0.2, 0) is 0 Å². The van der Waals surface area contributed by atoms with E-state index in [-0.39, 0.29) is 0 Å². The molecule has 2 aromatic rings. The standard InChI is InChI=1S/C12H13N3O3S/c1-17-8-5-4-7(6-9(8)18-2)10-13-11(16)15-12(14-10)19-3/h4-6H,1-3H3,(H,13,14,15,16). The first-order valence-corrected chi connectivity index (χ1v) is 6.65. The Labute approximate surface area is 114 Å². The molecule has 0 bridgehead atoms. The zero-order valence-electron chi connectivity index (χ0n) is 10.8. The molecule has 7 heteroatoms. The molecule has 0 saturated carbocycles. The zero-order chi connectivity index (χ0) is 13.8. The van der Waals surface area contributed by atoms with E-state index in [0.29, 0.717) is 22.5 Å². The number of H-pyrrole nitrogens is 1. The maximum absolute atomic E-state index is 11.4. The molecule has 0 amide bonds. The second-order valence-corrected chi connectivity index (χ2v) is 4.33. The third-order valence-electron chi connectivity index (χ3n) is 2.47. The van der Waals surface area contributed by atoms with Crippen molar-refractivity contribution in [3.63, 3.8) is 0 Å². The van der Waals surface area contributed by atoms with E-state index in [1.807, 2.05) is 6.26 Å². The molecule has 0 aliphatic rings. The lowest BCUT2D eigenvalue weighted by atomic mass is 10.2. The number of thioether (sulfide) groups is 1. The van der Waals surface area contributed by atoms with Crippen molar-refractivity contribution in [2.45, 2.75) is 5.16 Å². The lowest BCUT2D eigenvalue weighted by molar-refractivity contribution is 0.355. The molecule has 19 heavy (non-hydrogen) atoms. The molecule has 1 N–H and O–H groups in total. The number of ether oxygens (including phenoxy) is 2. The number of aromatic nitrogens is 3. The van der Waals surface area contributed by atoms with Crippen LogP contribution < -0.4 is 15.2 Å². The number of methoxy groups -OCH3 is 2. The Balaban J connectivity index is 2.52. The smallest absolute Gasteiger partial charge is 0.349 e. The maximum atomic E-state index is 11.4. The first kappa shape index (κ1) is 13.4. The molecule has 100 valence electrons. The van der Waals surface area contributed by atoms with Crippen molar-refractivity contribution in [1.29, 1.82) is 0 Å². The SMILES string of the molecule is COc1ccc(-c2nc(SC)nc(=O)[nH]2)cc1OC. The number of nitrogens with one attached hydrogen (secondary N) is 1. The van der Waals surface area contributed by atoms with E-state index < -0.39 is 5.69 Å². The second kappa shape index (κ2) is 5.75. The molecule has 1 aromatic carbocycles. The van der Waals surface area contributed by atoms with Gasteiger partial charge in [0.15, 0.2) is 16.7 Å². The van der Waals surface area contributed by atoms with Gasteiger partial charge in [-0.05, 0) is 24.5 Å². The lowest BCUT2D eigenvalue weighted by Gasteiger charge is -2.09. The van der Waals surface area contributed by atoms with Gasteiger partial charge in [-0.15, -0.1) is 0 Å². The van der Waals surface area contributed by atoms with Gasteiger partial charge in [-0.25, -0.2) is 9.78 Å². The third kappa shape index (κ3) is 2.87. The Morgan fingerprint density at radius 2 is 1.89 bits per heavy atom. The van der Waals surface area contributed by atoms with Gasteiger partial charge in [0.25, 0.3) is 0 Å². The fourth-order valence-corrected chi connectivity index (χ4v) is 1.93. The van der Waals surface area contributed by atoms with Crippen LogP contribution in [-0.4, -0.2) is 35.4 Å². The number of nitrogens with zero attached hydrogens (tertiary/aromatic N) is 2. The van der Waals surface area contributed by atoms with Gasteiger partial charge in [0.05, 0.1) is 14.2 Å². The summed E-state index contributed by atoms with van der Waals surface area (Å²) in [6.07, 6.45) is 1.81. The second-order valence-electron chi connectivity index (χ2n) is 3.56. The Bertz CT molecular complexity index is 642. The van der Waals surface area contributed by atoms with E-state index in [1.165, 1.54) is 11.8 Å². The number of rotatable bonds is 4. The van der Waals surface area contributed by atoms with Gasteiger partial charge in [0.2, 0.25) is 0 Å². The van der Waals surface area contributed by atoms with Crippen LogP contribution in [0.1, 0.15) is 0 Å². The fourth-order valence-electron chi connectivity index (χ4n) is 1.58. The van der Waals surface area contributed by atoms with Crippen molar-refractivity contribution < 1.29 is 9.47 Å². The van der Waals surface area contributed by atoms with Crippen molar-refractivity contribution in [1.82, 2.24) is 15.0 Å². The van der Waals surface area contributed by atoms with Crippen LogP contribution in [0.5, 0.6) is 11.5 Å². The van der Waals surface area contributed by atoms with E-state index in [2.05, 4.69) is 15.0 Å². The highest BCUT2D eigenvalue weighted by molar-refractivity contribution is 7.98. The van der Waals surface area contributed by atoms with Gasteiger partial charge in [0, 0.05) is 5.56 Å². The summed E-state index contributed by atoms with van der Waals surface area (Å²) in [5.41, 5.74) is 0.302. The molecule has 0 spiro atoms.